The Kier molecular flexibility index (Phi) is 4.85. The van der Waals surface area contributed by atoms with Crippen molar-refractivity contribution in [1.82, 2.24) is 9.97 Å². The number of methoxy groups -OCH3 is 1. The van der Waals surface area contributed by atoms with Gasteiger partial charge in [-0.1, -0.05) is 23.7 Å². The minimum atomic E-state index is -0.414. The van der Waals surface area contributed by atoms with Gasteiger partial charge in [0.1, 0.15) is 10.6 Å². The Bertz CT molecular complexity index is 1240. The van der Waals surface area contributed by atoms with Gasteiger partial charge in [0.05, 0.1) is 29.4 Å². The highest BCUT2D eigenvalue weighted by Gasteiger charge is 2.15. The van der Waals surface area contributed by atoms with Crippen molar-refractivity contribution in [3.63, 3.8) is 0 Å². The Morgan fingerprint density at radius 3 is 2.75 bits per heavy atom. The summed E-state index contributed by atoms with van der Waals surface area (Å²) >= 11 is 7.72. The van der Waals surface area contributed by atoms with Crippen molar-refractivity contribution in [3.8, 4) is 11.3 Å². The molecule has 0 aliphatic heterocycles. The molecule has 0 atom stereocenters. The molecule has 0 spiro atoms. The highest BCUT2D eigenvalue weighted by molar-refractivity contribution is 7.17. The zero-order chi connectivity index (χ0) is 19.7. The first-order chi connectivity index (χ1) is 13.6. The van der Waals surface area contributed by atoms with Crippen LogP contribution in [0.4, 0.5) is 0 Å². The molecule has 0 saturated heterocycles. The van der Waals surface area contributed by atoms with Crippen LogP contribution in [-0.4, -0.2) is 23.0 Å². The number of carbonyl (C=O) groups is 1. The minimum Gasteiger partial charge on any atom is -0.465 e. The number of furan rings is 1. The van der Waals surface area contributed by atoms with E-state index in [0.717, 1.165) is 5.56 Å². The van der Waals surface area contributed by atoms with Crippen LogP contribution in [0.2, 0.25) is 0 Å². The fourth-order valence-electron chi connectivity index (χ4n) is 2.72. The van der Waals surface area contributed by atoms with Gasteiger partial charge < -0.3 is 14.1 Å². The molecule has 8 heteroatoms. The number of aromatic amines is 1. The van der Waals surface area contributed by atoms with E-state index in [4.69, 9.17) is 16.0 Å². The van der Waals surface area contributed by atoms with Crippen LogP contribution < -0.4 is 5.56 Å². The van der Waals surface area contributed by atoms with Crippen molar-refractivity contribution in [2.24, 2.45) is 0 Å². The molecule has 6 nitrogen and oxygen atoms in total. The molecular formula is C20H13ClN2O4S. The fourth-order valence-corrected chi connectivity index (χ4v) is 3.87. The summed E-state index contributed by atoms with van der Waals surface area (Å²) in [4.78, 5) is 31.9. The number of hydrogen-bond donors (Lipinski definition) is 1. The monoisotopic (exact) mass is 412 g/mol. The van der Waals surface area contributed by atoms with Gasteiger partial charge in [0, 0.05) is 10.9 Å². The number of fused-ring (bicyclic) bond motifs is 1. The molecule has 0 saturated carbocycles. The van der Waals surface area contributed by atoms with E-state index < -0.39 is 5.97 Å². The van der Waals surface area contributed by atoms with E-state index in [0.29, 0.717) is 27.1 Å². The number of carbonyl (C=O) groups excluding carboxylic acids is 1. The lowest BCUT2D eigenvalue weighted by atomic mass is 10.1. The molecular weight excluding hydrogens is 400 g/mol. The number of thiophene rings is 1. The van der Waals surface area contributed by atoms with Gasteiger partial charge in [0.25, 0.3) is 5.56 Å². The third kappa shape index (κ3) is 3.37. The largest absolute Gasteiger partial charge is 0.465 e. The number of esters is 1. The van der Waals surface area contributed by atoms with Crippen LogP contribution in [0.1, 0.15) is 21.7 Å². The Morgan fingerprint density at radius 2 is 2.07 bits per heavy atom. The van der Waals surface area contributed by atoms with Crippen LogP contribution in [0.25, 0.3) is 32.6 Å². The average molecular weight is 413 g/mol. The SMILES string of the molecule is COC(=O)c1ccc(/C=C(\Cl)c2nc3scc(-c4ccco4)c3c(=O)[nH]2)cc1. The Hall–Kier alpha value is -3.16. The summed E-state index contributed by atoms with van der Waals surface area (Å²) in [6.45, 7) is 0. The van der Waals surface area contributed by atoms with Crippen LogP contribution in [0.3, 0.4) is 0 Å². The molecule has 0 fully saturated rings. The number of nitrogens with zero attached hydrogens (tertiary/aromatic N) is 1. The van der Waals surface area contributed by atoms with Crippen LogP contribution in [0.5, 0.6) is 0 Å². The number of ether oxygens (including phenoxy) is 1. The second-order valence-electron chi connectivity index (χ2n) is 5.83. The van der Waals surface area contributed by atoms with E-state index in [1.807, 2.05) is 5.38 Å². The van der Waals surface area contributed by atoms with Gasteiger partial charge in [-0.3, -0.25) is 4.79 Å². The summed E-state index contributed by atoms with van der Waals surface area (Å²) in [5.74, 6) is 0.464. The van der Waals surface area contributed by atoms with Crippen molar-refractivity contribution in [2.45, 2.75) is 0 Å². The molecule has 1 aromatic carbocycles. The van der Waals surface area contributed by atoms with Gasteiger partial charge >= 0.3 is 5.97 Å². The summed E-state index contributed by atoms with van der Waals surface area (Å²) in [5, 5.41) is 2.58. The third-order valence-electron chi connectivity index (χ3n) is 4.08. The van der Waals surface area contributed by atoms with Gasteiger partial charge in [-0.05, 0) is 35.9 Å². The number of benzene rings is 1. The maximum Gasteiger partial charge on any atom is 0.337 e. The van der Waals surface area contributed by atoms with Crippen LogP contribution >= 0.6 is 22.9 Å². The normalized spacial score (nSPS) is 11.7. The molecule has 0 amide bonds. The summed E-state index contributed by atoms with van der Waals surface area (Å²) in [6, 6.07) is 10.3. The van der Waals surface area contributed by atoms with E-state index in [-0.39, 0.29) is 16.4 Å². The van der Waals surface area contributed by atoms with E-state index in [9.17, 15) is 9.59 Å². The Labute approximate surface area is 168 Å². The first kappa shape index (κ1) is 18.2. The number of nitrogens with one attached hydrogen (secondary N) is 1. The van der Waals surface area contributed by atoms with Gasteiger partial charge in [-0.15, -0.1) is 11.3 Å². The molecule has 3 aromatic heterocycles. The number of halogens is 1. The molecule has 0 radical (unpaired) electrons. The van der Waals surface area contributed by atoms with Gasteiger partial charge in [-0.25, -0.2) is 9.78 Å². The summed E-state index contributed by atoms with van der Waals surface area (Å²) < 4.78 is 10.1. The molecule has 140 valence electrons. The predicted molar refractivity (Wildman–Crippen MR) is 109 cm³/mol. The number of hydrogen-bond acceptors (Lipinski definition) is 6. The van der Waals surface area contributed by atoms with Crippen LogP contribution in [-0.2, 0) is 4.74 Å². The molecule has 0 unspecified atom stereocenters. The average Bonchev–Trinajstić information content (AvgIpc) is 3.37. The molecule has 4 aromatic rings. The second-order valence-corrected chi connectivity index (χ2v) is 7.09. The third-order valence-corrected chi connectivity index (χ3v) is 5.24. The lowest BCUT2D eigenvalue weighted by Gasteiger charge is -2.02. The standard InChI is InChI=1S/C20H13ClN2O4S/c1-26-20(25)12-6-4-11(5-7-12)9-14(21)17-22-18(24)16-13(10-28-19(16)23-17)15-3-2-8-27-15/h2-10H,1H3,(H,22,23,24)/b14-9-. The van der Waals surface area contributed by atoms with Crippen molar-refractivity contribution in [3.05, 3.63) is 75.3 Å². The summed E-state index contributed by atoms with van der Waals surface area (Å²) in [6.07, 6.45) is 3.22. The predicted octanol–water partition coefficient (Wildman–Crippen LogP) is 4.77. The number of aromatic nitrogens is 2. The van der Waals surface area contributed by atoms with E-state index in [1.165, 1.54) is 18.4 Å². The maximum absolute atomic E-state index is 12.6. The first-order valence-electron chi connectivity index (χ1n) is 8.18. The highest BCUT2D eigenvalue weighted by Crippen LogP contribution is 2.31. The topological polar surface area (TPSA) is 85.2 Å². The van der Waals surface area contributed by atoms with Gasteiger partial charge in [-0.2, -0.15) is 0 Å². The Morgan fingerprint density at radius 1 is 1.29 bits per heavy atom. The number of H-pyrrole nitrogens is 1. The molecule has 4 rings (SSSR count). The smallest absolute Gasteiger partial charge is 0.337 e. The van der Waals surface area contributed by atoms with Crippen LogP contribution in [0, 0.1) is 0 Å². The van der Waals surface area contributed by atoms with E-state index in [2.05, 4.69) is 14.7 Å². The maximum atomic E-state index is 12.6. The Balaban J connectivity index is 1.70. The van der Waals surface area contributed by atoms with E-state index in [1.54, 1.807) is 48.7 Å². The summed E-state index contributed by atoms with van der Waals surface area (Å²) in [5.41, 5.74) is 1.60. The lowest BCUT2D eigenvalue weighted by Crippen LogP contribution is -2.10. The van der Waals surface area contributed by atoms with E-state index >= 15 is 0 Å². The molecule has 1 N–H and O–H groups in total. The molecule has 0 aliphatic carbocycles. The fraction of sp³-hybridized carbons (Fsp3) is 0.0500. The molecule has 0 bridgehead atoms. The zero-order valence-electron chi connectivity index (χ0n) is 14.6. The van der Waals surface area contributed by atoms with Crippen LogP contribution in [0.15, 0.2) is 57.3 Å². The van der Waals surface area contributed by atoms with Gasteiger partial charge in [0.2, 0.25) is 0 Å². The van der Waals surface area contributed by atoms with Gasteiger partial charge in [0.15, 0.2) is 5.82 Å². The summed E-state index contributed by atoms with van der Waals surface area (Å²) in [7, 11) is 1.33. The molecule has 0 aliphatic rings. The van der Waals surface area contributed by atoms with Crippen molar-refractivity contribution in [2.75, 3.05) is 7.11 Å². The second kappa shape index (κ2) is 7.46. The lowest BCUT2D eigenvalue weighted by molar-refractivity contribution is 0.0600. The van der Waals surface area contributed by atoms with Crippen molar-refractivity contribution in [1.29, 1.82) is 0 Å². The van der Waals surface area contributed by atoms with Crippen molar-refractivity contribution < 1.29 is 13.9 Å². The highest BCUT2D eigenvalue weighted by atomic mass is 35.5. The zero-order valence-corrected chi connectivity index (χ0v) is 16.1. The molecule has 3 heterocycles. The minimum absolute atomic E-state index is 0.268. The van der Waals surface area contributed by atoms with Crippen molar-refractivity contribution >= 4 is 50.2 Å². The molecule has 28 heavy (non-hydrogen) atoms. The first-order valence-corrected chi connectivity index (χ1v) is 9.44. The number of rotatable bonds is 4. The quantitative estimate of drug-likeness (QED) is 0.488.